The van der Waals surface area contributed by atoms with Crippen molar-refractivity contribution in [1.82, 2.24) is 5.32 Å². The number of nitrogens with zero attached hydrogens (tertiary/aromatic N) is 2. The third-order valence-corrected chi connectivity index (χ3v) is 4.05. The highest BCUT2D eigenvalue weighted by atomic mass is 16.6. The van der Waals surface area contributed by atoms with Crippen LogP contribution < -0.4 is 5.32 Å². The van der Waals surface area contributed by atoms with Gasteiger partial charge in [-0.25, -0.2) is 0 Å². The van der Waals surface area contributed by atoms with Crippen molar-refractivity contribution in [3.05, 3.63) is 45.0 Å². The van der Waals surface area contributed by atoms with E-state index in [0.717, 1.165) is 25.7 Å². The summed E-state index contributed by atoms with van der Waals surface area (Å²) in [4.78, 5) is 22.7. The molecule has 0 aliphatic heterocycles. The summed E-state index contributed by atoms with van der Waals surface area (Å²) in [5, 5.41) is 23.0. The van der Waals surface area contributed by atoms with Gasteiger partial charge in [0, 0.05) is 17.7 Å². The van der Waals surface area contributed by atoms with E-state index >= 15 is 0 Å². The monoisotopic (exact) mass is 313 g/mol. The molecule has 23 heavy (non-hydrogen) atoms. The van der Waals surface area contributed by atoms with Crippen molar-refractivity contribution in [3.63, 3.8) is 0 Å². The van der Waals surface area contributed by atoms with Gasteiger partial charge in [0.25, 0.3) is 11.6 Å². The van der Waals surface area contributed by atoms with E-state index in [2.05, 4.69) is 5.32 Å². The minimum absolute atomic E-state index is 0.0243. The molecule has 0 radical (unpaired) electrons. The van der Waals surface area contributed by atoms with Gasteiger partial charge >= 0.3 is 0 Å². The molecule has 0 aromatic heterocycles. The second-order valence-corrected chi connectivity index (χ2v) is 5.78. The van der Waals surface area contributed by atoms with Crippen LogP contribution in [0.4, 0.5) is 5.69 Å². The van der Waals surface area contributed by atoms with Crippen LogP contribution in [0.25, 0.3) is 6.08 Å². The van der Waals surface area contributed by atoms with Crippen LogP contribution in [0.1, 0.15) is 43.2 Å². The molecule has 1 fully saturated rings. The fraction of sp³-hybridized carbons (Fsp3) is 0.412. The van der Waals surface area contributed by atoms with Crippen LogP contribution in [0.5, 0.6) is 0 Å². The van der Waals surface area contributed by atoms with Gasteiger partial charge in [-0.15, -0.1) is 0 Å². The normalized spacial score (nSPS) is 15.7. The van der Waals surface area contributed by atoms with Gasteiger partial charge in [0.1, 0.15) is 11.6 Å². The number of aryl methyl sites for hydroxylation is 1. The number of carbonyl (C=O) groups excluding carboxylic acids is 1. The summed E-state index contributed by atoms with van der Waals surface area (Å²) < 4.78 is 0. The van der Waals surface area contributed by atoms with Crippen molar-refractivity contribution in [2.75, 3.05) is 0 Å². The van der Waals surface area contributed by atoms with Crippen LogP contribution in [-0.2, 0) is 4.79 Å². The topological polar surface area (TPSA) is 96.0 Å². The van der Waals surface area contributed by atoms with Crippen LogP contribution in [-0.4, -0.2) is 16.9 Å². The van der Waals surface area contributed by atoms with E-state index < -0.39 is 10.8 Å². The van der Waals surface area contributed by atoms with Crippen molar-refractivity contribution in [3.8, 4) is 6.07 Å². The molecule has 120 valence electrons. The van der Waals surface area contributed by atoms with Crippen LogP contribution in [0.15, 0.2) is 23.8 Å². The minimum Gasteiger partial charge on any atom is -0.349 e. The summed E-state index contributed by atoms with van der Waals surface area (Å²) >= 11 is 0. The smallest absolute Gasteiger partial charge is 0.272 e. The summed E-state index contributed by atoms with van der Waals surface area (Å²) in [5.41, 5.74) is 0.951. The van der Waals surface area contributed by atoms with Gasteiger partial charge in [-0.3, -0.25) is 14.9 Å². The molecule has 0 spiro atoms. The summed E-state index contributed by atoms with van der Waals surface area (Å²) in [5.74, 6) is -0.414. The summed E-state index contributed by atoms with van der Waals surface area (Å²) in [6, 6.07) is 6.64. The minimum atomic E-state index is -0.471. The first-order valence-electron chi connectivity index (χ1n) is 7.69. The lowest BCUT2D eigenvalue weighted by atomic mass is 9.95. The second-order valence-electron chi connectivity index (χ2n) is 5.78. The Bertz CT molecular complexity index is 683. The number of nitro benzene ring substituents is 1. The van der Waals surface area contributed by atoms with Crippen LogP contribution in [0, 0.1) is 28.4 Å². The number of nitro groups is 1. The Morgan fingerprint density at radius 2 is 2.09 bits per heavy atom. The van der Waals surface area contributed by atoms with E-state index in [1.165, 1.54) is 18.6 Å². The molecule has 1 aliphatic rings. The summed E-state index contributed by atoms with van der Waals surface area (Å²) in [6.07, 6.45) is 6.60. The lowest BCUT2D eigenvalue weighted by molar-refractivity contribution is -0.385. The van der Waals surface area contributed by atoms with Crippen molar-refractivity contribution in [2.45, 2.75) is 45.1 Å². The van der Waals surface area contributed by atoms with Crippen LogP contribution in [0.2, 0.25) is 0 Å². The fourth-order valence-electron chi connectivity index (χ4n) is 2.74. The number of nitrogens with one attached hydrogen (secondary N) is 1. The Balaban J connectivity index is 2.17. The third-order valence-electron chi connectivity index (χ3n) is 4.05. The van der Waals surface area contributed by atoms with Crippen molar-refractivity contribution < 1.29 is 9.72 Å². The van der Waals surface area contributed by atoms with E-state index in [0.29, 0.717) is 11.1 Å². The molecular formula is C17H19N3O3. The highest BCUT2D eigenvalue weighted by Gasteiger charge is 2.18. The van der Waals surface area contributed by atoms with Crippen molar-refractivity contribution in [1.29, 1.82) is 5.26 Å². The zero-order valence-corrected chi connectivity index (χ0v) is 13.0. The Morgan fingerprint density at radius 3 is 2.70 bits per heavy atom. The van der Waals surface area contributed by atoms with E-state index in [1.807, 2.05) is 6.07 Å². The van der Waals surface area contributed by atoms with Crippen LogP contribution >= 0.6 is 0 Å². The van der Waals surface area contributed by atoms with E-state index in [4.69, 9.17) is 0 Å². The lowest BCUT2D eigenvalue weighted by Gasteiger charge is -2.22. The van der Waals surface area contributed by atoms with Gasteiger partial charge in [0.2, 0.25) is 0 Å². The molecule has 1 saturated carbocycles. The second kappa shape index (κ2) is 7.54. The summed E-state index contributed by atoms with van der Waals surface area (Å²) in [7, 11) is 0. The number of amides is 1. The molecule has 0 atom stereocenters. The maximum absolute atomic E-state index is 12.2. The van der Waals surface area contributed by atoms with Gasteiger partial charge in [-0.05, 0) is 31.4 Å². The average Bonchev–Trinajstić information content (AvgIpc) is 2.54. The Labute approximate surface area is 135 Å². The molecule has 2 rings (SSSR count). The first kappa shape index (κ1) is 16.7. The zero-order chi connectivity index (χ0) is 16.8. The third kappa shape index (κ3) is 4.39. The Kier molecular flexibility index (Phi) is 5.47. The van der Waals surface area contributed by atoms with Crippen molar-refractivity contribution >= 4 is 17.7 Å². The van der Waals surface area contributed by atoms with Gasteiger partial charge in [0.05, 0.1) is 4.92 Å². The summed E-state index contributed by atoms with van der Waals surface area (Å²) in [6.45, 7) is 1.65. The molecule has 0 unspecified atom stereocenters. The number of nitriles is 1. The quantitative estimate of drug-likeness (QED) is 0.399. The van der Waals surface area contributed by atoms with Gasteiger partial charge < -0.3 is 5.32 Å². The van der Waals surface area contributed by atoms with Crippen LogP contribution in [0.3, 0.4) is 0 Å². The molecule has 0 heterocycles. The standard InChI is InChI=1S/C17H19N3O3/c1-12-7-8-13(10-16(12)20(22)23)9-14(11-18)17(21)19-15-5-3-2-4-6-15/h7-10,15H,2-6H2,1H3,(H,19,21)/b14-9+. The number of hydrogen-bond acceptors (Lipinski definition) is 4. The molecular weight excluding hydrogens is 294 g/mol. The largest absolute Gasteiger partial charge is 0.349 e. The molecule has 6 heteroatoms. The number of rotatable bonds is 4. The first-order chi connectivity index (χ1) is 11.0. The average molecular weight is 313 g/mol. The van der Waals surface area contributed by atoms with Gasteiger partial charge in [-0.2, -0.15) is 5.26 Å². The molecule has 0 saturated heterocycles. The predicted molar refractivity (Wildman–Crippen MR) is 86.4 cm³/mol. The SMILES string of the molecule is Cc1ccc(/C=C(\C#N)C(=O)NC2CCCCC2)cc1[N+](=O)[O-]. The molecule has 6 nitrogen and oxygen atoms in total. The fourth-order valence-corrected chi connectivity index (χ4v) is 2.74. The Morgan fingerprint density at radius 1 is 1.39 bits per heavy atom. The van der Waals surface area contributed by atoms with E-state index in [1.54, 1.807) is 19.1 Å². The highest BCUT2D eigenvalue weighted by molar-refractivity contribution is 6.01. The van der Waals surface area contributed by atoms with E-state index in [-0.39, 0.29) is 17.3 Å². The number of carbonyl (C=O) groups is 1. The molecule has 1 N–H and O–H groups in total. The molecule has 1 aromatic carbocycles. The van der Waals surface area contributed by atoms with Gasteiger partial charge in [0.15, 0.2) is 0 Å². The Hall–Kier alpha value is -2.68. The predicted octanol–water partition coefficient (Wildman–Crippen LogP) is 3.26. The lowest BCUT2D eigenvalue weighted by Crippen LogP contribution is -2.36. The maximum Gasteiger partial charge on any atom is 0.272 e. The van der Waals surface area contributed by atoms with Crippen molar-refractivity contribution in [2.24, 2.45) is 0 Å². The first-order valence-corrected chi connectivity index (χ1v) is 7.69. The highest BCUT2D eigenvalue weighted by Crippen LogP contribution is 2.21. The number of hydrogen-bond donors (Lipinski definition) is 1. The maximum atomic E-state index is 12.2. The number of benzene rings is 1. The molecule has 1 aromatic rings. The molecule has 1 amide bonds. The zero-order valence-electron chi connectivity index (χ0n) is 13.0. The molecule has 1 aliphatic carbocycles. The molecule has 0 bridgehead atoms. The van der Waals surface area contributed by atoms with Gasteiger partial charge in [-0.1, -0.05) is 31.4 Å². The van der Waals surface area contributed by atoms with E-state index in [9.17, 15) is 20.2 Å².